The number of para-hydroxylation sites is 1. The molecular formula is C21H26F3N5O. The molecular weight excluding hydrogens is 395 g/mol. The molecule has 0 saturated heterocycles. The summed E-state index contributed by atoms with van der Waals surface area (Å²) in [5, 5.41) is 6.09. The highest BCUT2D eigenvalue weighted by atomic mass is 19.4. The Labute approximate surface area is 173 Å². The first-order chi connectivity index (χ1) is 14.1. The van der Waals surface area contributed by atoms with Gasteiger partial charge in [-0.15, -0.1) is 0 Å². The molecule has 0 aliphatic rings. The minimum absolute atomic E-state index is 0.325. The van der Waals surface area contributed by atoms with Crippen molar-refractivity contribution in [2.45, 2.75) is 32.9 Å². The van der Waals surface area contributed by atoms with Crippen molar-refractivity contribution in [1.29, 1.82) is 0 Å². The van der Waals surface area contributed by atoms with Crippen molar-refractivity contribution in [2.75, 3.05) is 15.6 Å². The van der Waals surface area contributed by atoms with E-state index in [1.165, 1.54) is 23.2 Å². The smallest absolute Gasteiger partial charge is 0.401 e. The molecule has 0 aliphatic carbocycles. The topological polar surface area (TPSA) is 96.4 Å². The number of carbonyl (C=O) groups excluding carboxylic acids is 1. The lowest BCUT2D eigenvalue weighted by Crippen LogP contribution is -2.26. The summed E-state index contributed by atoms with van der Waals surface area (Å²) in [6, 6.07) is 10.5. The zero-order valence-corrected chi connectivity index (χ0v) is 16.8. The highest BCUT2D eigenvalue weighted by Gasteiger charge is 2.33. The van der Waals surface area contributed by atoms with E-state index in [2.05, 4.69) is 24.5 Å². The van der Waals surface area contributed by atoms with E-state index >= 15 is 0 Å². The Hall–Kier alpha value is -3.20. The summed E-state index contributed by atoms with van der Waals surface area (Å²) in [6.07, 6.45) is -1.26. The molecule has 2 rings (SSSR count). The summed E-state index contributed by atoms with van der Waals surface area (Å²) in [4.78, 5) is 12.1. The Morgan fingerprint density at radius 2 is 1.73 bits per heavy atom. The van der Waals surface area contributed by atoms with Crippen molar-refractivity contribution in [2.24, 2.45) is 17.5 Å². The number of nitrogens with zero attached hydrogens (tertiary/aromatic N) is 1. The van der Waals surface area contributed by atoms with Crippen LogP contribution in [0, 0.1) is 5.92 Å². The Morgan fingerprint density at radius 3 is 2.33 bits per heavy atom. The van der Waals surface area contributed by atoms with Crippen LogP contribution in [0.25, 0.3) is 0 Å². The Kier molecular flexibility index (Phi) is 7.71. The maximum Gasteiger partial charge on any atom is 0.418 e. The molecule has 0 fully saturated rings. The molecule has 0 saturated carbocycles. The van der Waals surface area contributed by atoms with Gasteiger partial charge in [-0.05, 0) is 55.2 Å². The van der Waals surface area contributed by atoms with Crippen LogP contribution in [0.5, 0.6) is 0 Å². The maximum absolute atomic E-state index is 13.0. The van der Waals surface area contributed by atoms with E-state index < -0.39 is 17.8 Å². The van der Waals surface area contributed by atoms with Gasteiger partial charge < -0.3 is 16.4 Å². The lowest BCUT2D eigenvalue weighted by molar-refractivity contribution is -0.136. The first kappa shape index (κ1) is 23.1. The summed E-state index contributed by atoms with van der Waals surface area (Å²) >= 11 is 0. The van der Waals surface area contributed by atoms with E-state index in [1.807, 2.05) is 0 Å². The zero-order chi connectivity index (χ0) is 22.3. The number of allylic oxidation sites excluding steroid dienone is 1. The molecule has 0 aromatic heterocycles. The SMILES string of the molecule is CC(C)CC/C(N)=C/N(N)c1ccc(NC(=O)Nc2ccccc2C(F)(F)F)cc1. The van der Waals surface area contributed by atoms with Gasteiger partial charge in [0.2, 0.25) is 0 Å². The molecule has 30 heavy (non-hydrogen) atoms. The highest BCUT2D eigenvalue weighted by molar-refractivity contribution is 6.00. The average molecular weight is 421 g/mol. The molecule has 0 heterocycles. The second kappa shape index (κ2) is 10.0. The number of carbonyl (C=O) groups is 1. The van der Waals surface area contributed by atoms with Crippen molar-refractivity contribution in [3.8, 4) is 0 Å². The van der Waals surface area contributed by atoms with Gasteiger partial charge in [-0.1, -0.05) is 26.0 Å². The quantitative estimate of drug-likeness (QED) is 0.362. The van der Waals surface area contributed by atoms with E-state index in [0.29, 0.717) is 23.0 Å². The predicted molar refractivity (Wildman–Crippen MR) is 114 cm³/mol. The third-order valence-electron chi connectivity index (χ3n) is 4.22. The van der Waals surface area contributed by atoms with E-state index in [0.717, 1.165) is 18.9 Å². The van der Waals surface area contributed by atoms with Crippen LogP contribution in [-0.4, -0.2) is 6.03 Å². The van der Waals surface area contributed by atoms with E-state index in [-0.39, 0.29) is 5.69 Å². The zero-order valence-electron chi connectivity index (χ0n) is 16.8. The monoisotopic (exact) mass is 421 g/mol. The molecule has 0 atom stereocenters. The first-order valence-corrected chi connectivity index (χ1v) is 9.40. The van der Waals surface area contributed by atoms with Gasteiger partial charge in [-0.2, -0.15) is 13.2 Å². The molecule has 0 spiro atoms. The molecule has 0 unspecified atom stereocenters. The summed E-state index contributed by atoms with van der Waals surface area (Å²) in [6.45, 7) is 4.22. The number of halogens is 3. The third-order valence-corrected chi connectivity index (χ3v) is 4.22. The third kappa shape index (κ3) is 7.00. The van der Waals surface area contributed by atoms with Gasteiger partial charge in [0.25, 0.3) is 0 Å². The number of alkyl halides is 3. The number of anilines is 3. The van der Waals surface area contributed by atoms with Crippen molar-refractivity contribution in [3.05, 3.63) is 66.0 Å². The second-order valence-electron chi connectivity index (χ2n) is 7.21. The number of hydrogen-bond acceptors (Lipinski definition) is 4. The summed E-state index contributed by atoms with van der Waals surface area (Å²) < 4.78 is 39.1. The van der Waals surface area contributed by atoms with Crippen LogP contribution >= 0.6 is 0 Å². The van der Waals surface area contributed by atoms with Crippen molar-refractivity contribution in [1.82, 2.24) is 0 Å². The Morgan fingerprint density at radius 1 is 1.10 bits per heavy atom. The van der Waals surface area contributed by atoms with Gasteiger partial charge in [-0.3, -0.25) is 5.01 Å². The minimum atomic E-state index is -4.57. The largest absolute Gasteiger partial charge is 0.418 e. The lowest BCUT2D eigenvalue weighted by Gasteiger charge is -2.17. The van der Waals surface area contributed by atoms with Crippen LogP contribution in [0.3, 0.4) is 0 Å². The first-order valence-electron chi connectivity index (χ1n) is 9.40. The second-order valence-corrected chi connectivity index (χ2v) is 7.21. The minimum Gasteiger partial charge on any atom is -0.401 e. The number of hydrogen-bond donors (Lipinski definition) is 4. The van der Waals surface area contributed by atoms with E-state index in [1.54, 1.807) is 30.5 Å². The number of nitrogens with two attached hydrogens (primary N) is 2. The molecule has 0 aliphatic heterocycles. The molecule has 6 nitrogen and oxygen atoms in total. The van der Waals surface area contributed by atoms with Gasteiger partial charge >= 0.3 is 12.2 Å². The number of hydrazine groups is 1. The van der Waals surface area contributed by atoms with E-state index in [4.69, 9.17) is 11.6 Å². The molecule has 2 amide bonds. The fourth-order valence-corrected chi connectivity index (χ4v) is 2.61. The Bertz CT molecular complexity index is 879. The van der Waals surface area contributed by atoms with Gasteiger partial charge in [0.05, 0.1) is 16.9 Å². The van der Waals surface area contributed by atoms with Crippen molar-refractivity contribution < 1.29 is 18.0 Å². The molecule has 0 bridgehead atoms. The number of amides is 2. The predicted octanol–water partition coefficient (Wildman–Crippen LogP) is 5.27. The normalized spacial score (nSPS) is 12.0. The van der Waals surface area contributed by atoms with Gasteiger partial charge in [-0.25, -0.2) is 10.6 Å². The van der Waals surface area contributed by atoms with Gasteiger partial charge in [0.1, 0.15) is 0 Å². The molecule has 2 aromatic rings. The number of benzene rings is 2. The summed E-state index contributed by atoms with van der Waals surface area (Å²) in [5.74, 6) is 6.51. The molecule has 162 valence electrons. The maximum atomic E-state index is 13.0. The van der Waals surface area contributed by atoms with Crippen molar-refractivity contribution in [3.63, 3.8) is 0 Å². The standard InChI is InChI=1S/C21H26F3N5O/c1-14(2)7-8-15(25)13-29(26)17-11-9-16(10-12-17)27-20(30)28-19-6-4-3-5-18(19)21(22,23)24/h3-6,9-14H,7-8,25-26H2,1-2H3,(H2,27,28,30)/b15-13-. The lowest BCUT2D eigenvalue weighted by atomic mass is 10.1. The summed E-state index contributed by atoms with van der Waals surface area (Å²) in [7, 11) is 0. The fraction of sp³-hybridized carbons (Fsp3) is 0.286. The molecule has 6 N–H and O–H groups in total. The molecule has 9 heteroatoms. The van der Waals surface area contributed by atoms with Crippen molar-refractivity contribution >= 4 is 23.1 Å². The van der Waals surface area contributed by atoms with Crippen LogP contribution in [0.15, 0.2) is 60.4 Å². The molecule has 0 radical (unpaired) electrons. The van der Waals surface area contributed by atoms with Crippen LogP contribution in [0.2, 0.25) is 0 Å². The Balaban J connectivity index is 1.99. The van der Waals surface area contributed by atoms with E-state index in [9.17, 15) is 18.0 Å². The van der Waals surface area contributed by atoms with Crippen LogP contribution in [0.4, 0.5) is 35.0 Å². The fourth-order valence-electron chi connectivity index (χ4n) is 2.61. The summed E-state index contributed by atoms with van der Waals surface area (Å²) in [5.41, 5.74) is 6.40. The van der Waals surface area contributed by atoms with Crippen LogP contribution in [0.1, 0.15) is 32.3 Å². The highest BCUT2D eigenvalue weighted by Crippen LogP contribution is 2.34. The van der Waals surface area contributed by atoms with Crippen LogP contribution < -0.4 is 27.2 Å². The average Bonchev–Trinajstić information content (AvgIpc) is 2.66. The molecule has 2 aromatic carbocycles. The van der Waals surface area contributed by atoms with Crippen LogP contribution in [-0.2, 0) is 6.18 Å². The number of rotatable bonds is 7. The number of urea groups is 1. The number of nitrogens with one attached hydrogen (secondary N) is 2. The van der Waals surface area contributed by atoms with Gasteiger partial charge in [0.15, 0.2) is 0 Å². The van der Waals surface area contributed by atoms with Gasteiger partial charge in [0, 0.05) is 17.6 Å².